The Morgan fingerprint density at radius 1 is 0.274 bits per heavy atom. The van der Waals surface area contributed by atoms with Crippen LogP contribution in [0.2, 0.25) is 0 Å². The SMILES string of the molecule is CC/C=C\C/C=C\C/C=C\C/C=C\C/C=C\CCCC(=O)OCC(COP(=O)(O)OCC(O)COP(=O)(O)OCC(COC(=O)CCCCCC/C=C\C/C=C\C/C=C\C/C=C\CC)OC(=O)CCCCCCCCCCCCCCCCC)OC(=O)CCCCCC/C=C\C/C=C\C/C=C\C/C=C\CC. The molecule has 0 saturated carbocycles. The van der Waals surface area contributed by atoms with Crippen LogP contribution in [0.15, 0.2) is 158 Å². The average molecular weight is 1520 g/mol. The van der Waals surface area contributed by atoms with Crippen LogP contribution in [0.5, 0.6) is 0 Å². The number of phosphoric acid groups is 2. The Hall–Kier alpha value is -5.32. The number of carbonyl (C=O) groups is 4. The number of unbranched alkanes of at least 4 members (excludes halogenated alkanes) is 23. The molecule has 0 aromatic heterocycles. The first-order valence-electron chi connectivity index (χ1n) is 40.7. The summed E-state index contributed by atoms with van der Waals surface area (Å²) in [5.41, 5.74) is 0. The quantitative estimate of drug-likeness (QED) is 0.0169. The monoisotopic (exact) mass is 1520 g/mol. The summed E-state index contributed by atoms with van der Waals surface area (Å²) in [6.45, 7) is 4.43. The highest BCUT2D eigenvalue weighted by Gasteiger charge is 2.30. The van der Waals surface area contributed by atoms with Gasteiger partial charge in [-0.15, -0.1) is 0 Å². The van der Waals surface area contributed by atoms with Gasteiger partial charge in [0.05, 0.1) is 26.4 Å². The van der Waals surface area contributed by atoms with Crippen LogP contribution in [0, 0.1) is 0 Å². The summed E-state index contributed by atoms with van der Waals surface area (Å²) >= 11 is 0. The third-order valence-electron chi connectivity index (χ3n) is 16.5. The molecule has 0 saturated heterocycles. The lowest BCUT2D eigenvalue weighted by Crippen LogP contribution is -2.30. The molecule has 0 spiro atoms. The molecule has 5 unspecified atom stereocenters. The number of hydrogen-bond donors (Lipinski definition) is 3. The first-order chi connectivity index (χ1) is 51.7. The van der Waals surface area contributed by atoms with E-state index in [0.29, 0.717) is 32.1 Å². The topological polar surface area (TPSA) is 237 Å². The van der Waals surface area contributed by atoms with Crippen LogP contribution in [0.25, 0.3) is 0 Å². The Labute approximate surface area is 642 Å². The molecule has 0 aromatic carbocycles. The number of esters is 4. The van der Waals surface area contributed by atoms with Gasteiger partial charge in [0.1, 0.15) is 19.3 Å². The molecule has 0 rings (SSSR count). The largest absolute Gasteiger partial charge is 0.472 e. The van der Waals surface area contributed by atoms with E-state index in [1.165, 1.54) is 64.2 Å². The average Bonchev–Trinajstić information content (AvgIpc) is 0.902. The lowest BCUT2D eigenvalue weighted by molar-refractivity contribution is -0.161. The van der Waals surface area contributed by atoms with Gasteiger partial charge in [-0.2, -0.15) is 0 Å². The summed E-state index contributed by atoms with van der Waals surface area (Å²) < 4.78 is 68.6. The molecule has 19 heteroatoms. The minimum absolute atomic E-state index is 0.0493. The van der Waals surface area contributed by atoms with Gasteiger partial charge >= 0.3 is 39.5 Å². The predicted molar refractivity (Wildman–Crippen MR) is 436 cm³/mol. The van der Waals surface area contributed by atoms with Crippen molar-refractivity contribution in [3.8, 4) is 0 Å². The molecule has 0 amide bonds. The van der Waals surface area contributed by atoms with Gasteiger partial charge in [-0.3, -0.25) is 37.3 Å². The van der Waals surface area contributed by atoms with Gasteiger partial charge < -0.3 is 33.8 Å². The molecular weight excluding hydrogens is 1380 g/mol. The lowest BCUT2D eigenvalue weighted by Gasteiger charge is -2.21. The van der Waals surface area contributed by atoms with E-state index in [2.05, 4.69) is 174 Å². The van der Waals surface area contributed by atoms with E-state index in [0.717, 1.165) is 161 Å². The van der Waals surface area contributed by atoms with Gasteiger partial charge in [-0.1, -0.05) is 301 Å². The van der Waals surface area contributed by atoms with Crippen LogP contribution in [0.3, 0.4) is 0 Å². The predicted octanol–water partition coefficient (Wildman–Crippen LogP) is 24.0. The maximum absolute atomic E-state index is 13.1. The molecule has 106 heavy (non-hydrogen) atoms. The molecular formula is C87H144O17P2. The number of ether oxygens (including phenoxy) is 4. The van der Waals surface area contributed by atoms with E-state index < -0.39 is 97.5 Å². The minimum atomic E-state index is -5.01. The van der Waals surface area contributed by atoms with Gasteiger partial charge in [0.15, 0.2) is 12.2 Å². The van der Waals surface area contributed by atoms with Crippen molar-refractivity contribution in [3.05, 3.63) is 158 Å². The maximum atomic E-state index is 13.1. The van der Waals surface area contributed by atoms with Crippen LogP contribution in [0.1, 0.15) is 310 Å². The molecule has 0 aliphatic rings. The van der Waals surface area contributed by atoms with E-state index in [1.807, 2.05) is 12.2 Å². The summed E-state index contributed by atoms with van der Waals surface area (Å²) in [6.07, 6.45) is 90.8. The van der Waals surface area contributed by atoms with Crippen LogP contribution in [-0.4, -0.2) is 96.7 Å². The van der Waals surface area contributed by atoms with E-state index in [4.69, 9.17) is 37.0 Å². The first-order valence-corrected chi connectivity index (χ1v) is 43.7. The van der Waals surface area contributed by atoms with Crippen molar-refractivity contribution in [1.29, 1.82) is 0 Å². The molecule has 0 heterocycles. The molecule has 0 aliphatic carbocycles. The van der Waals surface area contributed by atoms with Crippen LogP contribution in [0.4, 0.5) is 0 Å². The zero-order valence-corrected chi connectivity index (χ0v) is 67.8. The molecule has 0 aromatic rings. The number of phosphoric ester groups is 2. The molecule has 0 aliphatic heterocycles. The Balaban J connectivity index is 5.47. The number of aliphatic hydroxyl groups is 1. The van der Waals surface area contributed by atoms with Crippen molar-refractivity contribution in [2.75, 3.05) is 39.6 Å². The Morgan fingerprint density at radius 3 is 0.792 bits per heavy atom. The zero-order chi connectivity index (χ0) is 77.4. The number of rotatable bonds is 75. The second kappa shape index (κ2) is 77.8. The van der Waals surface area contributed by atoms with Crippen LogP contribution in [-0.2, 0) is 65.4 Å². The van der Waals surface area contributed by atoms with Crippen molar-refractivity contribution in [2.24, 2.45) is 0 Å². The van der Waals surface area contributed by atoms with E-state index >= 15 is 0 Å². The van der Waals surface area contributed by atoms with Gasteiger partial charge in [-0.25, -0.2) is 9.13 Å². The normalized spacial score (nSPS) is 14.7. The van der Waals surface area contributed by atoms with Crippen molar-refractivity contribution >= 4 is 39.5 Å². The third-order valence-corrected chi connectivity index (χ3v) is 18.4. The van der Waals surface area contributed by atoms with E-state index in [9.17, 15) is 43.2 Å². The Morgan fingerprint density at radius 2 is 0.500 bits per heavy atom. The summed E-state index contributed by atoms with van der Waals surface area (Å²) in [5, 5.41) is 10.7. The number of carbonyl (C=O) groups excluding carboxylic acids is 4. The second-order valence-corrected chi connectivity index (χ2v) is 29.5. The summed E-state index contributed by atoms with van der Waals surface area (Å²) in [6, 6.07) is 0. The number of allylic oxidation sites excluding steroid dienone is 26. The van der Waals surface area contributed by atoms with Crippen molar-refractivity contribution in [2.45, 2.75) is 329 Å². The van der Waals surface area contributed by atoms with Gasteiger partial charge in [0.2, 0.25) is 0 Å². The maximum Gasteiger partial charge on any atom is 0.472 e. The summed E-state index contributed by atoms with van der Waals surface area (Å²) in [7, 11) is -10.00. The van der Waals surface area contributed by atoms with E-state index in [1.54, 1.807) is 0 Å². The molecule has 0 radical (unpaired) electrons. The molecule has 0 fully saturated rings. The molecule has 3 N–H and O–H groups in total. The highest BCUT2D eigenvalue weighted by Crippen LogP contribution is 2.45. The smallest absolute Gasteiger partial charge is 0.462 e. The fourth-order valence-electron chi connectivity index (χ4n) is 10.4. The zero-order valence-electron chi connectivity index (χ0n) is 66.1. The summed E-state index contributed by atoms with van der Waals surface area (Å²) in [5.74, 6) is -2.30. The highest BCUT2D eigenvalue weighted by molar-refractivity contribution is 7.47. The van der Waals surface area contributed by atoms with Gasteiger partial charge in [0, 0.05) is 25.7 Å². The number of aliphatic hydroxyl groups excluding tert-OH is 1. The first kappa shape index (κ1) is 101. The number of hydrogen-bond acceptors (Lipinski definition) is 15. The minimum Gasteiger partial charge on any atom is -0.462 e. The van der Waals surface area contributed by atoms with Crippen LogP contribution >= 0.6 is 15.6 Å². The molecule has 5 atom stereocenters. The van der Waals surface area contributed by atoms with Gasteiger partial charge in [-0.05, 0) is 141 Å². The molecule has 0 bridgehead atoms. The van der Waals surface area contributed by atoms with Crippen molar-refractivity contribution in [3.63, 3.8) is 0 Å². The second-order valence-electron chi connectivity index (χ2n) is 26.6. The fourth-order valence-corrected chi connectivity index (χ4v) is 12.0. The van der Waals surface area contributed by atoms with Gasteiger partial charge in [0.25, 0.3) is 0 Å². The highest BCUT2D eigenvalue weighted by atomic mass is 31.2. The van der Waals surface area contributed by atoms with Crippen molar-refractivity contribution in [1.82, 2.24) is 0 Å². The Kier molecular flexibility index (Phi) is 73.9. The standard InChI is InChI=1S/C87H144O17P2/c1-5-9-13-17-21-25-29-33-37-40-44-47-51-55-59-63-67-71-84(89)97-77-82(103-86(91)73-69-65-61-57-53-49-43-36-32-28-24-20-16-12-8-4)79-101-105(93,94)99-75-81(88)76-100-106(95,96)102-80-83(104-87(92)74-70-66-62-58-54-50-46-42-39-35-31-27-23-19-15-11-7-3)78-98-85(90)72-68-64-60-56-52-48-45-41-38-34-30-26-22-18-14-10-6-2/h9-11,13-15,21-23,25-27,33-35,37-39,44-48,50,56,60,81-83,88H,5-8,12,16-20,24,28-32,36,40-43,49,51-55,57-59,61-80H2,1-4H3,(H,93,94)(H,95,96)/b13-9-,14-10-,15-11-,25-21-,26-22-,27-23-,37-33-,38-34-,39-35-,47-44-,48-45-,50-46-,60-56-. The third kappa shape index (κ3) is 76.9. The fraction of sp³-hybridized carbons (Fsp3) is 0.655. The van der Waals surface area contributed by atoms with E-state index in [-0.39, 0.29) is 25.7 Å². The lowest BCUT2D eigenvalue weighted by atomic mass is 10.0. The van der Waals surface area contributed by atoms with Crippen LogP contribution < -0.4 is 0 Å². The van der Waals surface area contributed by atoms with Crippen molar-refractivity contribution < 1.29 is 80.2 Å². The molecule has 604 valence electrons. The molecule has 17 nitrogen and oxygen atoms in total. The summed E-state index contributed by atoms with van der Waals surface area (Å²) in [4.78, 5) is 73.1. The Bertz CT molecular complexity index is 2630.